The average Bonchev–Trinajstić information content (AvgIpc) is 3.09. The summed E-state index contributed by atoms with van der Waals surface area (Å²) in [5, 5.41) is 43.6. The van der Waals surface area contributed by atoms with Crippen LogP contribution >= 0.6 is 0 Å². The van der Waals surface area contributed by atoms with Gasteiger partial charge in [0.1, 0.15) is 12.2 Å². The van der Waals surface area contributed by atoms with E-state index in [4.69, 9.17) is 0 Å². The van der Waals surface area contributed by atoms with Gasteiger partial charge in [0.2, 0.25) is 5.91 Å². The number of aliphatic hydroxyl groups excluding tert-OH is 4. The first kappa shape index (κ1) is 47.3. The largest absolute Gasteiger partial charge is 0.394 e. The molecule has 1 amide bonds. The summed E-state index contributed by atoms with van der Waals surface area (Å²) >= 11 is 0. The molecule has 0 aliphatic carbocycles. The van der Waals surface area contributed by atoms with E-state index in [1.54, 1.807) is 0 Å². The van der Waals surface area contributed by atoms with E-state index in [0.717, 1.165) is 38.5 Å². The summed E-state index contributed by atoms with van der Waals surface area (Å²) in [5.74, 6) is -0.580. The third kappa shape index (κ3) is 31.3. The molecular formula is C42H85NO5. The maximum absolute atomic E-state index is 12.5. The van der Waals surface area contributed by atoms with Gasteiger partial charge in [0.25, 0.3) is 0 Å². The van der Waals surface area contributed by atoms with Gasteiger partial charge in [-0.1, -0.05) is 219 Å². The SMILES string of the molecule is CCCCCCCCCCCCCCCCCCCCCC[C@@H](O)C(=O)NC(CO)C(O)C(O)CCCCCCCCCCCCCC. The van der Waals surface area contributed by atoms with Crippen LogP contribution < -0.4 is 5.32 Å². The third-order valence-corrected chi connectivity index (χ3v) is 10.3. The molecule has 0 spiro atoms. The van der Waals surface area contributed by atoms with Crippen molar-refractivity contribution in [3.05, 3.63) is 0 Å². The summed E-state index contributed by atoms with van der Waals surface area (Å²) in [6.07, 6.45) is 38.4. The number of rotatable bonds is 39. The van der Waals surface area contributed by atoms with E-state index in [9.17, 15) is 25.2 Å². The second-order valence-corrected chi connectivity index (χ2v) is 15.1. The Kier molecular flexibility index (Phi) is 37.0. The van der Waals surface area contributed by atoms with Crippen molar-refractivity contribution >= 4 is 5.91 Å². The van der Waals surface area contributed by atoms with Crippen LogP contribution in [0.2, 0.25) is 0 Å². The summed E-state index contributed by atoms with van der Waals surface area (Å²) in [6.45, 7) is 4.05. The van der Waals surface area contributed by atoms with E-state index in [1.165, 1.54) is 167 Å². The fraction of sp³-hybridized carbons (Fsp3) is 0.976. The molecule has 288 valence electrons. The summed E-state index contributed by atoms with van der Waals surface area (Å²) in [4.78, 5) is 12.5. The zero-order valence-electron chi connectivity index (χ0n) is 32.3. The van der Waals surface area contributed by atoms with Gasteiger partial charge in [-0.25, -0.2) is 0 Å². The Labute approximate surface area is 299 Å². The molecular weight excluding hydrogens is 598 g/mol. The number of hydrogen-bond donors (Lipinski definition) is 5. The summed E-state index contributed by atoms with van der Waals surface area (Å²) in [6, 6.07) is -0.977. The molecule has 0 aliphatic rings. The molecule has 48 heavy (non-hydrogen) atoms. The first-order chi connectivity index (χ1) is 23.5. The van der Waals surface area contributed by atoms with Crippen LogP contribution in [0.3, 0.4) is 0 Å². The molecule has 4 atom stereocenters. The minimum atomic E-state index is -1.25. The lowest BCUT2D eigenvalue weighted by Gasteiger charge is -2.27. The molecule has 0 rings (SSSR count). The molecule has 0 aromatic carbocycles. The Morgan fingerprint density at radius 2 is 0.708 bits per heavy atom. The number of nitrogens with one attached hydrogen (secondary N) is 1. The van der Waals surface area contributed by atoms with Crippen LogP contribution in [-0.2, 0) is 4.79 Å². The number of carbonyl (C=O) groups is 1. The van der Waals surface area contributed by atoms with E-state index in [-0.39, 0.29) is 0 Å². The maximum Gasteiger partial charge on any atom is 0.249 e. The molecule has 0 aromatic heterocycles. The van der Waals surface area contributed by atoms with Gasteiger partial charge >= 0.3 is 0 Å². The van der Waals surface area contributed by atoms with Crippen molar-refractivity contribution in [2.24, 2.45) is 0 Å². The normalized spacial score (nSPS) is 14.2. The predicted molar refractivity (Wildman–Crippen MR) is 205 cm³/mol. The zero-order valence-corrected chi connectivity index (χ0v) is 32.3. The molecule has 6 heteroatoms. The van der Waals surface area contributed by atoms with Crippen molar-refractivity contribution in [2.75, 3.05) is 6.61 Å². The van der Waals surface area contributed by atoms with Crippen molar-refractivity contribution in [2.45, 2.75) is 257 Å². The van der Waals surface area contributed by atoms with Crippen molar-refractivity contribution in [3.63, 3.8) is 0 Å². The van der Waals surface area contributed by atoms with Crippen molar-refractivity contribution in [1.29, 1.82) is 0 Å². The molecule has 5 N–H and O–H groups in total. The fourth-order valence-corrected chi connectivity index (χ4v) is 6.88. The monoisotopic (exact) mass is 684 g/mol. The number of aliphatic hydroxyl groups is 4. The van der Waals surface area contributed by atoms with E-state index in [2.05, 4.69) is 19.2 Å². The van der Waals surface area contributed by atoms with Crippen LogP contribution in [0.25, 0.3) is 0 Å². The number of amides is 1. The fourth-order valence-electron chi connectivity index (χ4n) is 6.88. The number of unbranched alkanes of at least 4 members (excludes halogenated alkanes) is 30. The maximum atomic E-state index is 12.5. The molecule has 3 unspecified atom stereocenters. The third-order valence-electron chi connectivity index (χ3n) is 10.3. The summed E-state index contributed by atoms with van der Waals surface area (Å²) < 4.78 is 0. The van der Waals surface area contributed by atoms with Gasteiger partial charge in [-0.15, -0.1) is 0 Å². The Morgan fingerprint density at radius 1 is 0.438 bits per heavy atom. The van der Waals surface area contributed by atoms with Gasteiger partial charge in [0.05, 0.1) is 18.8 Å². The molecule has 0 saturated heterocycles. The highest BCUT2D eigenvalue weighted by Gasteiger charge is 2.28. The highest BCUT2D eigenvalue weighted by molar-refractivity contribution is 5.80. The number of carbonyl (C=O) groups excluding carboxylic acids is 1. The van der Waals surface area contributed by atoms with Crippen LogP contribution in [0.1, 0.15) is 232 Å². The minimum absolute atomic E-state index is 0.375. The first-order valence-electron chi connectivity index (χ1n) is 21.4. The van der Waals surface area contributed by atoms with E-state index < -0.39 is 36.9 Å². The van der Waals surface area contributed by atoms with Gasteiger partial charge in [-0.2, -0.15) is 0 Å². The van der Waals surface area contributed by atoms with Crippen LogP contribution in [0.5, 0.6) is 0 Å². The van der Waals surface area contributed by atoms with Gasteiger partial charge in [0, 0.05) is 0 Å². The van der Waals surface area contributed by atoms with Gasteiger partial charge in [-0.05, 0) is 12.8 Å². The molecule has 6 nitrogen and oxygen atoms in total. The summed E-state index contributed by atoms with van der Waals surface area (Å²) in [7, 11) is 0. The highest BCUT2D eigenvalue weighted by atomic mass is 16.3. The van der Waals surface area contributed by atoms with Crippen LogP contribution in [0.4, 0.5) is 0 Å². The second-order valence-electron chi connectivity index (χ2n) is 15.1. The Hall–Kier alpha value is -0.690. The highest BCUT2D eigenvalue weighted by Crippen LogP contribution is 2.17. The smallest absolute Gasteiger partial charge is 0.249 e. The van der Waals surface area contributed by atoms with Crippen LogP contribution in [0.15, 0.2) is 0 Å². The topological polar surface area (TPSA) is 110 Å². The molecule has 0 aromatic rings. The lowest BCUT2D eigenvalue weighted by Crippen LogP contribution is -2.53. The average molecular weight is 684 g/mol. The quantitative estimate of drug-likeness (QED) is 0.0414. The lowest BCUT2D eigenvalue weighted by molar-refractivity contribution is -0.132. The Morgan fingerprint density at radius 3 is 1.00 bits per heavy atom. The van der Waals surface area contributed by atoms with Crippen LogP contribution in [0, 0.1) is 0 Å². The van der Waals surface area contributed by atoms with Crippen LogP contribution in [-0.4, -0.2) is 57.3 Å². The van der Waals surface area contributed by atoms with Crippen molar-refractivity contribution < 1.29 is 25.2 Å². The zero-order chi connectivity index (χ0) is 35.3. The molecule has 0 fully saturated rings. The predicted octanol–water partition coefficient (Wildman–Crippen LogP) is 10.8. The van der Waals surface area contributed by atoms with E-state index in [0.29, 0.717) is 12.8 Å². The van der Waals surface area contributed by atoms with Crippen molar-refractivity contribution in [1.82, 2.24) is 5.32 Å². The first-order valence-corrected chi connectivity index (χ1v) is 21.4. The van der Waals surface area contributed by atoms with Gasteiger partial charge in [0.15, 0.2) is 0 Å². The number of hydrogen-bond acceptors (Lipinski definition) is 5. The van der Waals surface area contributed by atoms with E-state index in [1.807, 2.05) is 0 Å². The second kappa shape index (κ2) is 37.6. The van der Waals surface area contributed by atoms with Gasteiger partial charge in [-0.3, -0.25) is 4.79 Å². The minimum Gasteiger partial charge on any atom is -0.394 e. The molecule has 0 aliphatic heterocycles. The van der Waals surface area contributed by atoms with E-state index >= 15 is 0 Å². The molecule has 0 saturated carbocycles. The molecule has 0 bridgehead atoms. The Bertz CT molecular complexity index is 648. The molecule has 0 radical (unpaired) electrons. The Balaban J connectivity index is 3.68. The standard InChI is InChI=1S/C42H85NO5/c1-3-5-7-9-11-13-15-17-18-19-20-21-22-23-24-26-28-30-32-34-36-40(46)42(48)43-38(37-44)41(47)39(45)35-33-31-29-27-25-16-14-12-10-8-6-4-2/h38-41,44-47H,3-37H2,1-2H3,(H,43,48)/t38?,39?,40-,41?/m1/s1. The lowest BCUT2D eigenvalue weighted by atomic mass is 9.99. The van der Waals surface area contributed by atoms with Gasteiger partial charge < -0.3 is 25.7 Å². The summed E-state index contributed by atoms with van der Waals surface area (Å²) in [5.41, 5.74) is 0. The van der Waals surface area contributed by atoms with Crippen molar-refractivity contribution in [3.8, 4) is 0 Å². The molecule has 0 heterocycles.